The van der Waals surface area contributed by atoms with E-state index in [1.807, 2.05) is 6.07 Å². The molecule has 7 nitrogen and oxygen atoms in total. The van der Waals surface area contributed by atoms with Gasteiger partial charge in [-0.3, -0.25) is 0 Å². The van der Waals surface area contributed by atoms with Crippen LogP contribution in [0.25, 0.3) is 0 Å². The van der Waals surface area contributed by atoms with E-state index in [1.165, 1.54) is 7.11 Å². The van der Waals surface area contributed by atoms with Crippen LogP contribution in [0, 0.1) is 0 Å². The number of benzene rings is 1. The van der Waals surface area contributed by atoms with E-state index < -0.39 is 5.97 Å². The molecule has 0 atom stereocenters. The zero-order valence-corrected chi connectivity index (χ0v) is 11.1. The van der Waals surface area contributed by atoms with Crippen LogP contribution >= 0.6 is 0 Å². The second-order valence-electron chi connectivity index (χ2n) is 4.24. The fraction of sp³-hybridized carbons (Fsp3) is 0.308. The van der Waals surface area contributed by atoms with E-state index in [-0.39, 0.29) is 11.4 Å². The minimum absolute atomic E-state index is 0.177. The maximum atomic E-state index is 11.6. The highest BCUT2D eigenvalue weighted by Crippen LogP contribution is 2.14. The van der Waals surface area contributed by atoms with E-state index in [2.05, 4.69) is 15.0 Å². The molecule has 0 fully saturated rings. The van der Waals surface area contributed by atoms with Gasteiger partial charge in [0, 0.05) is 6.42 Å². The summed E-state index contributed by atoms with van der Waals surface area (Å²) in [5, 5.41) is 17.3. The van der Waals surface area contributed by atoms with Gasteiger partial charge in [-0.05, 0) is 24.2 Å². The Labute approximate surface area is 116 Å². The number of hydrogen-bond acceptors (Lipinski definition) is 6. The van der Waals surface area contributed by atoms with Crippen molar-refractivity contribution in [3.05, 3.63) is 41.2 Å². The van der Waals surface area contributed by atoms with Gasteiger partial charge in [0.25, 0.3) is 0 Å². The summed E-state index contributed by atoms with van der Waals surface area (Å²) in [5.74, 6) is -0.355. The minimum Gasteiger partial charge on any atom is -0.508 e. The van der Waals surface area contributed by atoms with E-state index >= 15 is 0 Å². The number of phenols is 1. The van der Waals surface area contributed by atoms with Crippen molar-refractivity contribution in [2.24, 2.45) is 5.73 Å². The molecule has 0 unspecified atom stereocenters. The van der Waals surface area contributed by atoms with Crippen LogP contribution in [0.15, 0.2) is 24.3 Å². The lowest BCUT2D eigenvalue weighted by atomic mass is 10.2. The molecule has 106 valence electrons. The number of aromatic hydroxyl groups is 1. The lowest BCUT2D eigenvalue weighted by Crippen LogP contribution is -2.14. The van der Waals surface area contributed by atoms with Crippen LogP contribution in [-0.2, 0) is 17.7 Å². The predicted octanol–water partition coefficient (Wildman–Crippen LogP) is 0.320. The quantitative estimate of drug-likeness (QED) is 0.762. The average Bonchev–Trinajstić information content (AvgIpc) is 2.82. The van der Waals surface area contributed by atoms with Gasteiger partial charge < -0.3 is 15.6 Å². The molecule has 1 heterocycles. The van der Waals surface area contributed by atoms with Gasteiger partial charge >= 0.3 is 5.97 Å². The molecule has 20 heavy (non-hydrogen) atoms. The smallest absolute Gasteiger partial charge is 0.360 e. The maximum Gasteiger partial charge on any atom is 0.360 e. The predicted molar refractivity (Wildman–Crippen MR) is 71.3 cm³/mol. The molecule has 2 aromatic rings. The van der Waals surface area contributed by atoms with E-state index in [4.69, 9.17) is 5.73 Å². The molecule has 0 bridgehead atoms. The largest absolute Gasteiger partial charge is 0.508 e. The van der Waals surface area contributed by atoms with Crippen LogP contribution in [0.4, 0.5) is 0 Å². The Hall–Kier alpha value is -2.41. The third-order valence-corrected chi connectivity index (χ3v) is 2.84. The standard InChI is InChI=1S/C13H16N4O3/c1-20-13(19)12-11(5-6-14)17(16-15-12)8-9-3-2-4-10(18)7-9/h2-4,7,18H,5-6,8,14H2,1H3. The Morgan fingerprint density at radius 2 is 2.30 bits per heavy atom. The zero-order chi connectivity index (χ0) is 14.5. The van der Waals surface area contributed by atoms with Gasteiger partial charge in [-0.15, -0.1) is 5.10 Å². The number of rotatable bonds is 5. The lowest BCUT2D eigenvalue weighted by Gasteiger charge is -2.07. The van der Waals surface area contributed by atoms with E-state index in [0.717, 1.165) is 5.56 Å². The summed E-state index contributed by atoms with van der Waals surface area (Å²) in [6.07, 6.45) is 0.469. The average molecular weight is 276 g/mol. The number of aromatic nitrogens is 3. The number of esters is 1. The summed E-state index contributed by atoms with van der Waals surface area (Å²) in [6.45, 7) is 0.769. The first-order valence-corrected chi connectivity index (χ1v) is 6.14. The normalized spacial score (nSPS) is 10.5. The molecule has 0 radical (unpaired) electrons. The highest BCUT2D eigenvalue weighted by atomic mass is 16.5. The molecule has 0 saturated heterocycles. The first kappa shape index (κ1) is 14.0. The number of methoxy groups -OCH3 is 1. The van der Waals surface area contributed by atoms with Gasteiger partial charge in [0.05, 0.1) is 19.3 Å². The van der Waals surface area contributed by atoms with Crippen LogP contribution in [0.2, 0.25) is 0 Å². The lowest BCUT2D eigenvalue weighted by molar-refractivity contribution is 0.0592. The third-order valence-electron chi connectivity index (χ3n) is 2.84. The van der Waals surface area contributed by atoms with E-state index in [1.54, 1.807) is 22.9 Å². The molecule has 0 spiro atoms. The van der Waals surface area contributed by atoms with Crippen LogP contribution < -0.4 is 5.73 Å². The number of phenolic OH excluding ortho intramolecular Hbond substituents is 1. The van der Waals surface area contributed by atoms with Crippen molar-refractivity contribution in [2.45, 2.75) is 13.0 Å². The van der Waals surface area contributed by atoms with Gasteiger partial charge in [0.15, 0.2) is 5.69 Å². The highest BCUT2D eigenvalue weighted by Gasteiger charge is 2.19. The maximum absolute atomic E-state index is 11.6. The highest BCUT2D eigenvalue weighted by molar-refractivity contribution is 5.88. The molecule has 0 aliphatic carbocycles. The SMILES string of the molecule is COC(=O)c1nnn(Cc2cccc(O)c2)c1CCN. The molecule has 1 aromatic carbocycles. The van der Waals surface area contributed by atoms with Crippen molar-refractivity contribution >= 4 is 5.97 Å². The van der Waals surface area contributed by atoms with Crippen molar-refractivity contribution in [3.8, 4) is 5.75 Å². The molecule has 0 aliphatic heterocycles. The Kier molecular flexibility index (Phi) is 4.31. The Morgan fingerprint density at radius 1 is 1.50 bits per heavy atom. The topological polar surface area (TPSA) is 103 Å². The molecular formula is C13H16N4O3. The number of carbonyl (C=O) groups excluding carboxylic acids is 1. The number of ether oxygens (including phenoxy) is 1. The van der Waals surface area contributed by atoms with Crippen LogP contribution in [0.1, 0.15) is 21.7 Å². The van der Waals surface area contributed by atoms with Gasteiger partial charge in [0.1, 0.15) is 5.75 Å². The summed E-state index contributed by atoms with van der Waals surface area (Å²) in [7, 11) is 1.29. The first-order valence-electron chi connectivity index (χ1n) is 6.14. The second kappa shape index (κ2) is 6.16. The zero-order valence-electron chi connectivity index (χ0n) is 11.1. The molecular weight excluding hydrogens is 260 g/mol. The molecule has 0 amide bonds. The fourth-order valence-corrected chi connectivity index (χ4v) is 1.93. The van der Waals surface area contributed by atoms with Crippen LogP contribution in [-0.4, -0.2) is 39.7 Å². The van der Waals surface area contributed by atoms with Crippen molar-refractivity contribution in [1.29, 1.82) is 0 Å². The number of carbonyl (C=O) groups is 1. The molecule has 2 rings (SSSR count). The Morgan fingerprint density at radius 3 is 2.95 bits per heavy atom. The van der Waals surface area contributed by atoms with Crippen LogP contribution in [0.3, 0.4) is 0 Å². The monoisotopic (exact) mass is 276 g/mol. The fourth-order valence-electron chi connectivity index (χ4n) is 1.93. The van der Waals surface area contributed by atoms with Gasteiger partial charge in [-0.25, -0.2) is 9.48 Å². The third kappa shape index (κ3) is 2.94. The van der Waals surface area contributed by atoms with Gasteiger partial charge in [-0.1, -0.05) is 17.3 Å². The van der Waals surface area contributed by atoms with Gasteiger partial charge in [-0.2, -0.15) is 0 Å². The Balaban J connectivity index is 2.31. The minimum atomic E-state index is -0.532. The number of hydrogen-bond donors (Lipinski definition) is 2. The molecule has 0 aliphatic rings. The van der Waals surface area contributed by atoms with Crippen molar-refractivity contribution < 1.29 is 14.6 Å². The molecule has 1 aromatic heterocycles. The van der Waals surface area contributed by atoms with Crippen molar-refractivity contribution in [2.75, 3.05) is 13.7 Å². The van der Waals surface area contributed by atoms with Crippen molar-refractivity contribution in [1.82, 2.24) is 15.0 Å². The molecule has 7 heteroatoms. The summed E-state index contributed by atoms with van der Waals surface area (Å²) < 4.78 is 6.26. The summed E-state index contributed by atoms with van der Waals surface area (Å²) in [6, 6.07) is 6.81. The summed E-state index contributed by atoms with van der Waals surface area (Å²) in [5.41, 5.74) is 7.21. The summed E-state index contributed by atoms with van der Waals surface area (Å²) in [4.78, 5) is 11.6. The number of nitrogens with two attached hydrogens (primary N) is 1. The van der Waals surface area contributed by atoms with Gasteiger partial charge in [0.2, 0.25) is 0 Å². The first-order chi connectivity index (χ1) is 9.65. The molecule has 3 N–H and O–H groups in total. The Bertz CT molecular complexity index is 609. The van der Waals surface area contributed by atoms with E-state index in [9.17, 15) is 9.90 Å². The number of nitrogens with zero attached hydrogens (tertiary/aromatic N) is 3. The van der Waals surface area contributed by atoms with Crippen LogP contribution in [0.5, 0.6) is 5.75 Å². The summed E-state index contributed by atoms with van der Waals surface area (Å²) >= 11 is 0. The van der Waals surface area contributed by atoms with E-state index in [0.29, 0.717) is 25.2 Å². The second-order valence-corrected chi connectivity index (χ2v) is 4.24. The molecule has 0 saturated carbocycles. The van der Waals surface area contributed by atoms with Crippen molar-refractivity contribution in [3.63, 3.8) is 0 Å².